The molecule has 1 fully saturated rings. The SMILES string of the molecule is CN(C(=O)C1CCC(C(=O)O)C1)c1cccc(F)c1. The van der Waals surface area contributed by atoms with Crippen LogP contribution < -0.4 is 4.90 Å². The van der Waals surface area contributed by atoms with Gasteiger partial charge in [-0.05, 0) is 37.5 Å². The van der Waals surface area contributed by atoms with Crippen molar-refractivity contribution in [1.29, 1.82) is 0 Å². The summed E-state index contributed by atoms with van der Waals surface area (Å²) in [5.74, 6) is -2.10. The lowest BCUT2D eigenvalue weighted by molar-refractivity contribution is -0.141. The van der Waals surface area contributed by atoms with Crippen molar-refractivity contribution in [3.63, 3.8) is 0 Å². The fraction of sp³-hybridized carbons (Fsp3) is 0.429. The topological polar surface area (TPSA) is 57.6 Å². The predicted molar refractivity (Wildman–Crippen MR) is 68.3 cm³/mol. The van der Waals surface area contributed by atoms with E-state index < -0.39 is 17.7 Å². The van der Waals surface area contributed by atoms with Gasteiger partial charge >= 0.3 is 5.97 Å². The summed E-state index contributed by atoms with van der Waals surface area (Å²) in [4.78, 5) is 24.5. The van der Waals surface area contributed by atoms with E-state index in [2.05, 4.69) is 0 Å². The molecule has 2 unspecified atom stereocenters. The molecular weight excluding hydrogens is 249 g/mol. The second-order valence-electron chi connectivity index (χ2n) is 4.92. The summed E-state index contributed by atoms with van der Waals surface area (Å²) in [6, 6.07) is 5.81. The van der Waals surface area contributed by atoms with Crippen molar-refractivity contribution in [3.05, 3.63) is 30.1 Å². The first-order chi connectivity index (χ1) is 8.99. The number of hydrogen-bond donors (Lipinski definition) is 1. The summed E-state index contributed by atoms with van der Waals surface area (Å²) in [6.45, 7) is 0. The molecule has 5 heteroatoms. The number of anilines is 1. The van der Waals surface area contributed by atoms with Gasteiger partial charge in [-0.2, -0.15) is 0 Å². The van der Waals surface area contributed by atoms with Crippen LogP contribution >= 0.6 is 0 Å². The number of hydrogen-bond acceptors (Lipinski definition) is 2. The fourth-order valence-corrected chi connectivity index (χ4v) is 2.52. The molecule has 0 aromatic heterocycles. The van der Waals surface area contributed by atoms with Crippen LogP contribution in [-0.4, -0.2) is 24.0 Å². The van der Waals surface area contributed by atoms with Crippen molar-refractivity contribution in [2.75, 3.05) is 11.9 Å². The van der Waals surface area contributed by atoms with Gasteiger partial charge in [0.25, 0.3) is 0 Å². The molecule has 0 aliphatic heterocycles. The van der Waals surface area contributed by atoms with Gasteiger partial charge in [-0.1, -0.05) is 6.07 Å². The molecule has 0 bridgehead atoms. The average Bonchev–Trinajstić information content (AvgIpc) is 2.86. The number of carboxylic acid groups (broad SMARTS) is 1. The number of carbonyl (C=O) groups is 2. The third kappa shape index (κ3) is 2.92. The molecule has 1 aliphatic rings. The van der Waals surface area contributed by atoms with Crippen LogP contribution in [0.3, 0.4) is 0 Å². The first kappa shape index (κ1) is 13.5. The van der Waals surface area contributed by atoms with Crippen molar-refractivity contribution >= 4 is 17.6 Å². The highest BCUT2D eigenvalue weighted by Crippen LogP contribution is 2.33. The summed E-state index contributed by atoms with van der Waals surface area (Å²) in [5, 5.41) is 8.93. The van der Waals surface area contributed by atoms with Crippen molar-refractivity contribution in [2.24, 2.45) is 11.8 Å². The maximum Gasteiger partial charge on any atom is 0.306 e. The molecule has 2 atom stereocenters. The first-order valence-electron chi connectivity index (χ1n) is 6.25. The van der Waals surface area contributed by atoms with Crippen molar-refractivity contribution in [1.82, 2.24) is 0 Å². The second-order valence-corrected chi connectivity index (χ2v) is 4.92. The molecule has 1 N–H and O–H groups in total. The van der Waals surface area contributed by atoms with E-state index in [1.165, 1.54) is 17.0 Å². The third-order valence-corrected chi connectivity index (χ3v) is 3.66. The Morgan fingerprint density at radius 1 is 1.32 bits per heavy atom. The minimum Gasteiger partial charge on any atom is -0.481 e. The number of carbonyl (C=O) groups excluding carboxylic acids is 1. The Hall–Kier alpha value is -1.91. The molecule has 0 radical (unpaired) electrons. The molecule has 102 valence electrons. The molecule has 0 heterocycles. The molecule has 0 spiro atoms. The van der Waals surface area contributed by atoms with Gasteiger partial charge in [0.2, 0.25) is 5.91 Å². The van der Waals surface area contributed by atoms with Crippen molar-refractivity contribution in [2.45, 2.75) is 19.3 Å². The summed E-state index contributed by atoms with van der Waals surface area (Å²) in [5.41, 5.74) is 0.490. The van der Waals surface area contributed by atoms with Gasteiger partial charge in [0.05, 0.1) is 5.92 Å². The van der Waals surface area contributed by atoms with E-state index >= 15 is 0 Å². The highest BCUT2D eigenvalue weighted by molar-refractivity contribution is 5.95. The smallest absolute Gasteiger partial charge is 0.306 e. The Labute approximate surface area is 110 Å². The molecule has 2 rings (SSSR count). The van der Waals surface area contributed by atoms with E-state index in [1.807, 2.05) is 0 Å². The lowest BCUT2D eigenvalue weighted by Crippen LogP contribution is -2.32. The normalized spacial score (nSPS) is 22.2. The van der Waals surface area contributed by atoms with E-state index in [9.17, 15) is 14.0 Å². The van der Waals surface area contributed by atoms with Gasteiger partial charge in [0, 0.05) is 18.7 Å². The summed E-state index contributed by atoms with van der Waals surface area (Å²) < 4.78 is 13.1. The zero-order valence-corrected chi connectivity index (χ0v) is 10.7. The monoisotopic (exact) mass is 265 g/mol. The Bertz CT molecular complexity index is 503. The van der Waals surface area contributed by atoms with Crippen LogP contribution in [-0.2, 0) is 9.59 Å². The second kappa shape index (κ2) is 5.38. The summed E-state index contributed by atoms with van der Waals surface area (Å²) in [6.07, 6.45) is 1.48. The van der Waals surface area contributed by atoms with Crippen molar-refractivity contribution < 1.29 is 19.1 Å². The number of halogens is 1. The van der Waals surface area contributed by atoms with Crippen LogP contribution in [0, 0.1) is 17.7 Å². The first-order valence-corrected chi connectivity index (χ1v) is 6.25. The molecule has 4 nitrogen and oxygen atoms in total. The molecule has 1 aliphatic carbocycles. The lowest BCUT2D eigenvalue weighted by atomic mass is 10.0. The molecule has 1 amide bonds. The maximum atomic E-state index is 13.1. The van der Waals surface area contributed by atoms with E-state index in [0.717, 1.165) is 0 Å². The number of benzene rings is 1. The number of aliphatic carboxylic acids is 1. The Morgan fingerprint density at radius 3 is 2.58 bits per heavy atom. The van der Waals surface area contributed by atoms with Crippen LogP contribution in [0.25, 0.3) is 0 Å². The Morgan fingerprint density at radius 2 is 2.00 bits per heavy atom. The standard InChI is InChI=1S/C14H16FNO3/c1-16(12-4-2-3-11(15)8-12)13(17)9-5-6-10(7-9)14(18)19/h2-4,8-10H,5-7H2,1H3,(H,18,19). The number of rotatable bonds is 3. The van der Waals surface area contributed by atoms with E-state index in [4.69, 9.17) is 5.11 Å². The Balaban J connectivity index is 2.06. The third-order valence-electron chi connectivity index (χ3n) is 3.66. The van der Waals surface area contributed by atoms with Gasteiger partial charge in [-0.3, -0.25) is 9.59 Å². The average molecular weight is 265 g/mol. The zero-order chi connectivity index (χ0) is 14.0. The van der Waals surface area contributed by atoms with Crippen molar-refractivity contribution in [3.8, 4) is 0 Å². The van der Waals surface area contributed by atoms with Crippen LogP contribution in [0.5, 0.6) is 0 Å². The van der Waals surface area contributed by atoms with E-state index in [-0.39, 0.29) is 11.8 Å². The van der Waals surface area contributed by atoms with Gasteiger partial charge in [-0.15, -0.1) is 0 Å². The highest BCUT2D eigenvalue weighted by atomic mass is 19.1. The van der Waals surface area contributed by atoms with Crippen LogP contribution in [0.2, 0.25) is 0 Å². The molecule has 19 heavy (non-hydrogen) atoms. The van der Waals surface area contributed by atoms with Gasteiger partial charge in [0.1, 0.15) is 5.82 Å². The summed E-state index contributed by atoms with van der Waals surface area (Å²) >= 11 is 0. The molecule has 1 aromatic rings. The molecule has 0 saturated heterocycles. The van der Waals surface area contributed by atoms with Gasteiger partial charge in [-0.25, -0.2) is 4.39 Å². The molecule has 1 aromatic carbocycles. The number of nitrogens with zero attached hydrogens (tertiary/aromatic N) is 1. The number of amides is 1. The quantitative estimate of drug-likeness (QED) is 0.912. The summed E-state index contributed by atoms with van der Waals surface area (Å²) in [7, 11) is 1.59. The molecule has 1 saturated carbocycles. The van der Waals surface area contributed by atoms with Gasteiger partial charge < -0.3 is 10.0 Å². The minimum absolute atomic E-state index is 0.144. The predicted octanol–water partition coefficient (Wildman–Crippen LogP) is 2.29. The van der Waals surface area contributed by atoms with E-state index in [1.54, 1.807) is 19.2 Å². The maximum absolute atomic E-state index is 13.1. The number of carboxylic acids is 1. The largest absolute Gasteiger partial charge is 0.481 e. The van der Waals surface area contributed by atoms with Crippen LogP contribution in [0.15, 0.2) is 24.3 Å². The lowest BCUT2D eigenvalue weighted by Gasteiger charge is -2.21. The highest BCUT2D eigenvalue weighted by Gasteiger charge is 2.35. The minimum atomic E-state index is -0.844. The van der Waals surface area contributed by atoms with Crippen LogP contribution in [0.1, 0.15) is 19.3 Å². The van der Waals surface area contributed by atoms with Gasteiger partial charge in [0.15, 0.2) is 0 Å². The molecular formula is C14H16FNO3. The van der Waals surface area contributed by atoms with Crippen LogP contribution in [0.4, 0.5) is 10.1 Å². The zero-order valence-electron chi connectivity index (χ0n) is 10.7. The Kier molecular flexibility index (Phi) is 3.83. The fourth-order valence-electron chi connectivity index (χ4n) is 2.52. The van der Waals surface area contributed by atoms with E-state index in [0.29, 0.717) is 24.9 Å².